The Morgan fingerprint density at radius 3 is 2.55 bits per heavy atom. The molecular formula is C35H43N5O4. The van der Waals surface area contributed by atoms with Crippen LogP contribution in [0.2, 0.25) is 0 Å². The number of nitrogens with one attached hydrogen (secondary N) is 1. The molecule has 1 N–H and O–H groups in total. The van der Waals surface area contributed by atoms with Crippen molar-refractivity contribution < 1.29 is 19.2 Å². The second kappa shape index (κ2) is 11.9. The Morgan fingerprint density at radius 2 is 1.80 bits per heavy atom. The molecule has 44 heavy (non-hydrogen) atoms. The number of hydrogen-bond donors (Lipinski definition) is 1. The molecule has 2 aliphatic heterocycles. The first-order valence-corrected chi connectivity index (χ1v) is 16.1. The van der Waals surface area contributed by atoms with Crippen LogP contribution in [0.25, 0.3) is 10.9 Å². The van der Waals surface area contributed by atoms with Crippen LogP contribution in [-0.2, 0) is 33.8 Å². The second-order valence-electron chi connectivity index (χ2n) is 13.3. The molecule has 1 saturated heterocycles. The van der Waals surface area contributed by atoms with Crippen molar-refractivity contribution in [1.82, 2.24) is 19.7 Å². The van der Waals surface area contributed by atoms with E-state index in [1.54, 1.807) is 9.58 Å². The van der Waals surface area contributed by atoms with E-state index in [9.17, 15) is 19.2 Å². The van der Waals surface area contributed by atoms with Gasteiger partial charge in [-0.2, -0.15) is 5.10 Å². The van der Waals surface area contributed by atoms with Gasteiger partial charge in [0.2, 0.25) is 5.91 Å². The zero-order valence-electron chi connectivity index (χ0n) is 26.4. The molecule has 2 fully saturated rings. The number of amides is 1. The van der Waals surface area contributed by atoms with Crippen LogP contribution in [0.1, 0.15) is 97.7 Å². The Hall–Kier alpha value is -3.88. The number of Topliss-reactive ketones (excluding diaryl/α,β-unsaturated/α-hetero) is 3. The van der Waals surface area contributed by atoms with Crippen LogP contribution < -0.4 is 5.32 Å². The minimum absolute atomic E-state index is 0.0130. The standard InChI is InChI=1S/C35H43N5O4/c1-21-11-12-22(2)37-28(21)17-30(43)29-18-35-14-13-26(42)10-8-6-5-7-9-24-15-25(36-4)16-27-33(23(3)41)38-39(34(24)27)20-32(44)40(29)31(35)19-35/h11-12,15-16,29,31,36H,5-10,13-14,17-20H2,1-4H3/t29-,31+,35-/m0/s1. The number of carbonyl (C=O) groups excluding carboxylic acids is 4. The topological polar surface area (TPSA) is 114 Å². The van der Waals surface area contributed by atoms with E-state index in [1.807, 2.05) is 39.1 Å². The van der Waals surface area contributed by atoms with Crippen molar-refractivity contribution in [2.45, 2.75) is 110 Å². The number of piperidine rings is 1. The largest absolute Gasteiger partial charge is 0.388 e. The molecule has 1 saturated carbocycles. The minimum atomic E-state index is -0.568. The number of rotatable bonds is 5. The maximum Gasteiger partial charge on any atom is 0.245 e. The Bertz CT molecular complexity index is 1660. The van der Waals surface area contributed by atoms with E-state index in [-0.39, 0.29) is 47.7 Å². The molecule has 1 aromatic carbocycles. The molecule has 0 spiro atoms. The van der Waals surface area contributed by atoms with E-state index < -0.39 is 6.04 Å². The van der Waals surface area contributed by atoms with Crippen LogP contribution >= 0.6 is 0 Å². The third-order valence-electron chi connectivity index (χ3n) is 10.1. The molecule has 3 aliphatic rings. The van der Waals surface area contributed by atoms with Crippen molar-refractivity contribution in [1.29, 1.82) is 0 Å². The van der Waals surface area contributed by atoms with Crippen molar-refractivity contribution in [3.8, 4) is 0 Å². The maximum absolute atomic E-state index is 14.3. The molecule has 3 atom stereocenters. The number of anilines is 1. The molecule has 9 nitrogen and oxygen atoms in total. The summed E-state index contributed by atoms with van der Waals surface area (Å²) in [6.07, 6.45) is 7.93. The summed E-state index contributed by atoms with van der Waals surface area (Å²) in [4.78, 5) is 60.2. The van der Waals surface area contributed by atoms with Gasteiger partial charge in [-0.25, -0.2) is 0 Å². The van der Waals surface area contributed by atoms with Crippen LogP contribution in [0.5, 0.6) is 0 Å². The zero-order chi connectivity index (χ0) is 31.2. The van der Waals surface area contributed by atoms with Gasteiger partial charge in [-0.15, -0.1) is 0 Å². The molecule has 1 amide bonds. The molecule has 0 unspecified atom stereocenters. The van der Waals surface area contributed by atoms with Crippen molar-refractivity contribution >= 4 is 39.8 Å². The number of carbonyl (C=O) groups is 4. The normalized spacial score (nSPS) is 24.2. The van der Waals surface area contributed by atoms with Crippen LogP contribution in [0.3, 0.4) is 0 Å². The predicted molar refractivity (Wildman–Crippen MR) is 169 cm³/mol. The van der Waals surface area contributed by atoms with Crippen molar-refractivity contribution in [3.05, 3.63) is 52.5 Å². The predicted octanol–water partition coefficient (Wildman–Crippen LogP) is 5.32. The van der Waals surface area contributed by atoms with Gasteiger partial charge < -0.3 is 10.2 Å². The molecule has 2 bridgehead atoms. The van der Waals surface area contributed by atoms with Gasteiger partial charge in [0, 0.05) is 49.6 Å². The summed E-state index contributed by atoms with van der Waals surface area (Å²) in [5, 5.41) is 8.65. The van der Waals surface area contributed by atoms with Crippen LogP contribution in [0, 0.1) is 19.3 Å². The van der Waals surface area contributed by atoms with E-state index in [2.05, 4.69) is 16.4 Å². The lowest BCUT2D eigenvalue weighted by Crippen LogP contribution is -2.45. The monoisotopic (exact) mass is 597 g/mol. The summed E-state index contributed by atoms with van der Waals surface area (Å²) in [6, 6.07) is 7.30. The quantitative estimate of drug-likeness (QED) is 0.396. The molecule has 2 aromatic heterocycles. The van der Waals surface area contributed by atoms with Gasteiger partial charge in [-0.1, -0.05) is 18.9 Å². The maximum atomic E-state index is 14.3. The fourth-order valence-electron chi connectivity index (χ4n) is 7.60. The second-order valence-corrected chi connectivity index (χ2v) is 13.3. The van der Waals surface area contributed by atoms with Crippen molar-refractivity contribution in [2.24, 2.45) is 5.41 Å². The number of ketones is 3. The highest BCUT2D eigenvalue weighted by molar-refractivity contribution is 6.06. The van der Waals surface area contributed by atoms with Gasteiger partial charge in [-0.05, 0) is 87.1 Å². The molecular weight excluding hydrogens is 554 g/mol. The van der Waals surface area contributed by atoms with E-state index in [0.717, 1.165) is 77.6 Å². The van der Waals surface area contributed by atoms with Crippen LogP contribution in [0.4, 0.5) is 5.69 Å². The van der Waals surface area contributed by atoms with Gasteiger partial charge in [-0.3, -0.25) is 28.8 Å². The van der Waals surface area contributed by atoms with E-state index in [0.29, 0.717) is 31.4 Å². The average molecular weight is 598 g/mol. The molecule has 1 aliphatic carbocycles. The third kappa shape index (κ3) is 5.69. The first-order chi connectivity index (χ1) is 21.1. The molecule has 9 heteroatoms. The number of aromatic nitrogens is 3. The number of nitrogens with zero attached hydrogens (tertiary/aromatic N) is 4. The van der Waals surface area contributed by atoms with Gasteiger partial charge in [0.25, 0.3) is 0 Å². The Labute approximate surface area is 258 Å². The van der Waals surface area contributed by atoms with Crippen LogP contribution in [0.15, 0.2) is 24.3 Å². The SMILES string of the molecule is CNc1cc2c3c(c1)c(C(C)=O)nn3CC(=O)N1[C@H](C(=O)Cc3nc(C)ccc3C)C[C@@]3(CCC(=O)CCCCCC2)C[C@@H]13. The first-order valence-electron chi connectivity index (χ1n) is 16.1. The summed E-state index contributed by atoms with van der Waals surface area (Å²) in [5.74, 6) is -0.0491. The summed E-state index contributed by atoms with van der Waals surface area (Å²) < 4.78 is 1.70. The molecule has 232 valence electrons. The molecule has 4 heterocycles. The Morgan fingerprint density at radius 1 is 1.02 bits per heavy atom. The lowest BCUT2D eigenvalue weighted by molar-refractivity contribution is -0.139. The highest BCUT2D eigenvalue weighted by atomic mass is 16.2. The van der Waals surface area contributed by atoms with Gasteiger partial charge in [0.1, 0.15) is 18.0 Å². The number of hydrogen-bond acceptors (Lipinski definition) is 7. The van der Waals surface area contributed by atoms with E-state index >= 15 is 0 Å². The summed E-state index contributed by atoms with van der Waals surface area (Å²) >= 11 is 0. The van der Waals surface area contributed by atoms with Gasteiger partial charge in [0.05, 0.1) is 23.7 Å². The number of benzene rings is 1. The van der Waals surface area contributed by atoms with Gasteiger partial charge >= 0.3 is 0 Å². The molecule has 6 rings (SSSR count). The first kappa shape index (κ1) is 30.2. The summed E-state index contributed by atoms with van der Waals surface area (Å²) in [6.45, 7) is 5.33. The zero-order valence-corrected chi connectivity index (χ0v) is 26.4. The molecule has 0 radical (unpaired) electrons. The lowest BCUT2D eigenvalue weighted by Gasteiger charge is -2.27. The summed E-state index contributed by atoms with van der Waals surface area (Å²) in [5.41, 5.74) is 5.46. The highest BCUT2D eigenvalue weighted by Gasteiger charge is 2.66. The fourth-order valence-corrected chi connectivity index (χ4v) is 7.60. The average Bonchev–Trinajstić information content (AvgIpc) is 3.40. The lowest BCUT2D eigenvalue weighted by atomic mass is 9.90. The van der Waals surface area contributed by atoms with E-state index in [4.69, 9.17) is 5.10 Å². The number of aryl methyl sites for hydroxylation is 3. The summed E-state index contributed by atoms with van der Waals surface area (Å²) in [7, 11) is 1.85. The van der Waals surface area contributed by atoms with E-state index in [1.165, 1.54) is 6.92 Å². The van der Waals surface area contributed by atoms with Crippen molar-refractivity contribution in [3.63, 3.8) is 0 Å². The Kier molecular flexibility index (Phi) is 8.16. The Balaban J connectivity index is 1.38. The van der Waals surface area contributed by atoms with Crippen LogP contribution in [-0.4, -0.2) is 62.1 Å². The van der Waals surface area contributed by atoms with Gasteiger partial charge in [0.15, 0.2) is 11.6 Å². The third-order valence-corrected chi connectivity index (χ3v) is 10.1. The highest BCUT2D eigenvalue weighted by Crippen LogP contribution is 2.62. The fraction of sp³-hybridized carbons (Fsp3) is 0.543. The van der Waals surface area contributed by atoms with Crippen molar-refractivity contribution in [2.75, 3.05) is 12.4 Å². The number of pyridine rings is 1. The molecule has 3 aromatic rings. The minimum Gasteiger partial charge on any atom is -0.388 e. The smallest absolute Gasteiger partial charge is 0.245 e.